The van der Waals surface area contributed by atoms with Gasteiger partial charge in [-0.1, -0.05) is 30.3 Å². The molecule has 1 amide bonds. The fourth-order valence-electron chi connectivity index (χ4n) is 3.10. The number of hydrogen-bond donors (Lipinski definition) is 0. The molecule has 3 heterocycles. The van der Waals surface area contributed by atoms with E-state index in [1.54, 1.807) is 0 Å². The first-order valence-corrected chi connectivity index (χ1v) is 9.07. The molecule has 0 saturated carbocycles. The van der Waals surface area contributed by atoms with E-state index in [0.717, 1.165) is 26.6 Å². The number of ether oxygens (including phenoxy) is 1. The molecule has 5 nitrogen and oxygen atoms in total. The van der Waals surface area contributed by atoms with Crippen molar-refractivity contribution in [2.24, 2.45) is 0 Å². The number of benzene rings is 1. The van der Waals surface area contributed by atoms with Crippen molar-refractivity contribution < 1.29 is 9.53 Å². The highest BCUT2D eigenvalue weighted by molar-refractivity contribution is 9.10. The third-order valence-electron chi connectivity index (χ3n) is 4.45. The molecule has 1 aliphatic rings. The van der Waals surface area contributed by atoms with Crippen molar-refractivity contribution in [2.75, 3.05) is 26.3 Å². The molecule has 0 N–H and O–H groups in total. The molecule has 0 atom stereocenters. The second-order valence-corrected chi connectivity index (χ2v) is 6.91. The van der Waals surface area contributed by atoms with Gasteiger partial charge >= 0.3 is 0 Å². The highest BCUT2D eigenvalue weighted by atomic mass is 79.9. The fourth-order valence-corrected chi connectivity index (χ4v) is 3.65. The standard InChI is InChI=1S/C19H18BrN3O2/c20-16-12-23(13-18(24)22-6-8-25-9-7-22)17-10-15(11-21-19(16)17)14-4-2-1-3-5-14/h1-5,10-12H,6-9,13H2. The molecule has 1 fully saturated rings. The summed E-state index contributed by atoms with van der Waals surface area (Å²) < 4.78 is 8.19. The quantitative estimate of drug-likeness (QED) is 0.678. The minimum atomic E-state index is 0.109. The Morgan fingerprint density at radius 3 is 2.68 bits per heavy atom. The Balaban J connectivity index is 1.67. The van der Waals surface area contributed by atoms with Crippen molar-refractivity contribution in [1.82, 2.24) is 14.5 Å². The minimum absolute atomic E-state index is 0.109. The van der Waals surface area contributed by atoms with Crippen LogP contribution in [0.2, 0.25) is 0 Å². The summed E-state index contributed by atoms with van der Waals surface area (Å²) in [6.07, 6.45) is 3.81. The molecule has 0 unspecified atom stereocenters. The molecule has 3 aromatic rings. The van der Waals surface area contributed by atoms with E-state index in [0.29, 0.717) is 32.8 Å². The summed E-state index contributed by atoms with van der Waals surface area (Å²) in [4.78, 5) is 19.0. The van der Waals surface area contributed by atoms with Crippen LogP contribution in [0.3, 0.4) is 0 Å². The lowest BCUT2D eigenvalue weighted by Crippen LogP contribution is -2.42. The first-order valence-electron chi connectivity index (χ1n) is 8.28. The first kappa shape index (κ1) is 16.3. The number of amides is 1. The van der Waals surface area contributed by atoms with Gasteiger partial charge < -0.3 is 14.2 Å². The van der Waals surface area contributed by atoms with Crippen molar-refractivity contribution in [3.05, 3.63) is 53.3 Å². The SMILES string of the molecule is O=C(Cn1cc(Br)c2ncc(-c3ccccc3)cc21)N1CCOCC1. The normalized spacial score (nSPS) is 14.8. The van der Waals surface area contributed by atoms with Gasteiger partial charge in [0.05, 0.1) is 23.2 Å². The van der Waals surface area contributed by atoms with E-state index < -0.39 is 0 Å². The van der Waals surface area contributed by atoms with E-state index in [1.165, 1.54) is 0 Å². The number of rotatable bonds is 3. The van der Waals surface area contributed by atoms with E-state index in [2.05, 4.69) is 39.1 Å². The van der Waals surface area contributed by atoms with Crippen LogP contribution in [-0.2, 0) is 16.1 Å². The lowest BCUT2D eigenvalue weighted by Gasteiger charge is -2.27. The highest BCUT2D eigenvalue weighted by Crippen LogP contribution is 2.28. The lowest BCUT2D eigenvalue weighted by molar-refractivity contribution is -0.135. The lowest BCUT2D eigenvalue weighted by atomic mass is 10.1. The van der Waals surface area contributed by atoms with Crippen LogP contribution in [0.25, 0.3) is 22.2 Å². The molecule has 1 aliphatic heterocycles. The van der Waals surface area contributed by atoms with Gasteiger partial charge in [0, 0.05) is 31.0 Å². The number of halogens is 1. The van der Waals surface area contributed by atoms with Gasteiger partial charge in [0.25, 0.3) is 0 Å². The van der Waals surface area contributed by atoms with Crippen molar-refractivity contribution in [2.45, 2.75) is 6.54 Å². The molecule has 1 saturated heterocycles. The van der Waals surface area contributed by atoms with Gasteiger partial charge in [-0.25, -0.2) is 0 Å². The Morgan fingerprint density at radius 1 is 1.16 bits per heavy atom. The van der Waals surface area contributed by atoms with Crippen molar-refractivity contribution >= 4 is 32.9 Å². The second-order valence-electron chi connectivity index (χ2n) is 6.06. The summed E-state index contributed by atoms with van der Waals surface area (Å²) in [7, 11) is 0. The van der Waals surface area contributed by atoms with Gasteiger partial charge in [-0.15, -0.1) is 0 Å². The van der Waals surface area contributed by atoms with Gasteiger partial charge in [0.15, 0.2) is 0 Å². The minimum Gasteiger partial charge on any atom is -0.378 e. The molecular weight excluding hydrogens is 382 g/mol. The monoisotopic (exact) mass is 399 g/mol. The zero-order valence-electron chi connectivity index (χ0n) is 13.7. The van der Waals surface area contributed by atoms with E-state index in [-0.39, 0.29) is 5.91 Å². The molecule has 0 radical (unpaired) electrons. The molecule has 4 rings (SSSR count). The van der Waals surface area contributed by atoms with E-state index in [4.69, 9.17) is 4.74 Å². The number of hydrogen-bond acceptors (Lipinski definition) is 3. The zero-order chi connectivity index (χ0) is 17.2. The topological polar surface area (TPSA) is 47.4 Å². The summed E-state index contributed by atoms with van der Waals surface area (Å²) >= 11 is 3.56. The zero-order valence-corrected chi connectivity index (χ0v) is 15.3. The fraction of sp³-hybridized carbons (Fsp3) is 0.263. The molecule has 128 valence electrons. The number of carbonyl (C=O) groups is 1. The van der Waals surface area contributed by atoms with Crippen LogP contribution in [0.4, 0.5) is 0 Å². The molecule has 0 spiro atoms. The number of aromatic nitrogens is 2. The number of fused-ring (bicyclic) bond motifs is 1. The van der Waals surface area contributed by atoms with Crippen molar-refractivity contribution in [3.8, 4) is 11.1 Å². The predicted octanol–water partition coefficient (Wildman–Crippen LogP) is 3.32. The van der Waals surface area contributed by atoms with Crippen molar-refractivity contribution in [3.63, 3.8) is 0 Å². The van der Waals surface area contributed by atoms with Crippen LogP contribution in [0.15, 0.2) is 53.3 Å². The number of carbonyl (C=O) groups excluding carboxylic acids is 1. The number of nitrogens with zero attached hydrogens (tertiary/aromatic N) is 3. The molecule has 1 aromatic carbocycles. The Hall–Kier alpha value is -2.18. The molecule has 25 heavy (non-hydrogen) atoms. The predicted molar refractivity (Wildman–Crippen MR) is 100 cm³/mol. The summed E-state index contributed by atoms with van der Waals surface area (Å²) in [6, 6.07) is 12.2. The van der Waals surface area contributed by atoms with Gasteiger partial charge in [-0.3, -0.25) is 9.78 Å². The molecule has 2 aromatic heterocycles. The average Bonchev–Trinajstić information content (AvgIpc) is 2.98. The van der Waals surface area contributed by atoms with Crippen LogP contribution >= 0.6 is 15.9 Å². The van der Waals surface area contributed by atoms with Gasteiger partial charge in [-0.05, 0) is 27.6 Å². The third kappa shape index (κ3) is 3.32. The Labute approximate surface area is 154 Å². The smallest absolute Gasteiger partial charge is 0.242 e. The van der Waals surface area contributed by atoms with Crippen LogP contribution in [0, 0.1) is 0 Å². The third-order valence-corrected chi connectivity index (χ3v) is 5.03. The molecule has 0 bridgehead atoms. The van der Waals surface area contributed by atoms with Crippen LogP contribution in [0.5, 0.6) is 0 Å². The van der Waals surface area contributed by atoms with Crippen LogP contribution in [0.1, 0.15) is 0 Å². The van der Waals surface area contributed by atoms with E-state index in [9.17, 15) is 4.79 Å². The summed E-state index contributed by atoms with van der Waals surface area (Å²) in [5.41, 5.74) is 3.98. The first-order chi connectivity index (χ1) is 12.2. The summed E-state index contributed by atoms with van der Waals surface area (Å²) in [6.45, 7) is 2.85. The maximum absolute atomic E-state index is 12.6. The Kier molecular flexibility index (Phi) is 4.55. The summed E-state index contributed by atoms with van der Waals surface area (Å²) in [5.74, 6) is 0.109. The van der Waals surface area contributed by atoms with Gasteiger partial charge in [0.1, 0.15) is 12.1 Å². The molecular formula is C19H18BrN3O2. The van der Waals surface area contributed by atoms with Gasteiger partial charge in [0.2, 0.25) is 5.91 Å². The number of morpholine rings is 1. The number of pyridine rings is 1. The van der Waals surface area contributed by atoms with Crippen LogP contribution < -0.4 is 0 Å². The molecule has 6 heteroatoms. The van der Waals surface area contributed by atoms with E-state index in [1.807, 2.05) is 40.1 Å². The maximum Gasteiger partial charge on any atom is 0.242 e. The Morgan fingerprint density at radius 2 is 1.92 bits per heavy atom. The molecule has 0 aliphatic carbocycles. The highest BCUT2D eigenvalue weighted by Gasteiger charge is 2.19. The second kappa shape index (κ2) is 6.98. The average molecular weight is 400 g/mol. The van der Waals surface area contributed by atoms with Gasteiger partial charge in [-0.2, -0.15) is 0 Å². The maximum atomic E-state index is 12.6. The van der Waals surface area contributed by atoms with E-state index >= 15 is 0 Å². The van der Waals surface area contributed by atoms with Crippen LogP contribution in [-0.4, -0.2) is 46.7 Å². The Bertz CT molecular complexity index is 902. The largest absolute Gasteiger partial charge is 0.378 e. The van der Waals surface area contributed by atoms with Crippen molar-refractivity contribution in [1.29, 1.82) is 0 Å². The summed E-state index contributed by atoms with van der Waals surface area (Å²) in [5, 5.41) is 0.